The monoisotopic (exact) mass is 369 g/mol. The second-order valence-corrected chi connectivity index (χ2v) is 5.88. The highest BCUT2D eigenvalue weighted by molar-refractivity contribution is 6.31. The molecule has 1 N–H and O–H groups in total. The molecule has 130 valence electrons. The van der Waals surface area contributed by atoms with Gasteiger partial charge in [0.1, 0.15) is 5.82 Å². The highest BCUT2D eigenvalue weighted by Crippen LogP contribution is 2.22. The van der Waals surface area contributed by atoms with Gasteiger partial charge in [0.2, 0.25) is 5.82 Å². The predicted octanol–water partition coefficient (Wildman–Crippen LogP) is 4.23. The number of nitrogens with one attached hydrogen (secondary N) is 1. The van der Waals surface area contributed by atoms with Crippen molar-refractivity contribution < 1.29 is 9.18 Å². The molecule has 0 saturated carbocycles. The van der Waals surface area contributed by atoms with Crippen molar-refractivity contribution in [1.82, 2.24) is 14.8 Å². The number of benzene rings is 2. The summed E-state index contributed by atoms with van der Waals surface area (Å²) in [5.41, 5.74) is 1.34. The Balaban J connectivity index is 1.80. The Hall–Kier alpha value is -3.24. The Morgan fingerprint density at radius 3 is 2.88 bits per heavy atom. The lowest BCUT2D eigenvalue weighted by Gasteiger charge is -2.05. The normalized spacial score (nSPS) is 10.4. The molecular weight excluding hydrogens is 357 g/mol. The third-order valence-corrected chi connectivity index (χ3v) is 3.92. The van der Waals surface area contributed by atoms with E-state index in [-0.39, 0.29) is 16.5 Å². The van der Waals surface area contributed by atoms with E-state index < -0.39 is 11.7 Å². The largest absolute Gasteiger partial charge is 0.317 e. The van der Waals surface area contributed by atoms with E-state index in [4.69, 9.17) is 18.2 Å². The van der Waals surface area contributed by atoms with Crippen LogP contribution < -0.4 is 5.32 Å². The van der Waals surface area contributed by atoms with Crippen molar-refractivity contribution in [2.45, 2.75) is 13.5 Å². The fraction of sp³-hybridized carbons (Fsp3) is 0.111. The van der Waals surface area contributed by atoms with E-state index in [1.165, 1.54) is 18.2 Å². The van der Waals surface area contributed by atoms with Crippen LogP contribution in [0.15, 0.2) is 42.5 Å². The molecule has 8 heteroatoms. The number of aryl methyl sites for hydroxylation is 1. The second kappa shape index (κ2) is 7.33. The number of hydrogen-bond acceptors (Lipinski definition) is 3. The third-order valence-electron chi connectivity index (χ3n) is 3.63. The molecule has 0 aliphatic carbocycles. The van der Waals surface area contributed by atoms with Gasteiger partial charge in [-0.05, 0) is 24.6 Å². The molecule has 1 aromatic heterocycles. The van der Waals surface area contributed by atoms with Crippen LogP contribution in [-0.4, -0.2) is 20.7 Å². The molecule has 0 saturated heterocycles. The average Bonchev–Trinajstić information content (AvgIpc) is 3.00. The molecule has 1 heterocycles. The molecule has 0 atom stereocenters. The van der Waals surface area contributed by atoms with Gasteiger partial charge in [0.25, 0.3) is 5.91 Å². The molecule has 0 aliphatic rings. The van der Waals surface area contributed by atoms with Gasteiger partial charge in [0.05, 0.1) is 23.8 Å². The third kappa shape index (κ3) is 3.71. The molecule has 0 unspecified atom stereocenters. The molecule has 26 heavy (non-hydrogen) atoms. The minimum Gasteiger partial charge on any atom is -0.317 e. The average molecular weight is 370 g/mol. The van der Waals surface area contributed by atoms with E-state index in [1.807, 2.05) is 6.07 Å². The minimum atomic E-state index is -0.713. The van der Waals surface area contributed by atoms with E-state index in [9.17, 15) is 9.18 Å². The number of amides is 1. The summed E-state index contributed by atoms with van der Waals surface area (Å²) in [5.74, 6) is -0.907. The summed E-state index contributed by atoms with van der Waals surface area (Å²) in [5, 5.41) is 6.50. The van der Waals surface area contributed by atoms with Crippen LogP contribution in [-0.2, 0) is 6.54 Å². The summed E-state index contributed by atoms with van der Waals surface area (Å²) in [7, 11) is 0. The summed E-state index contributed by atoms with van der Waals surface area (Å²) >= 11 is 5.70. The number of hydrogen-bond donors (Lipinski definition) is 1. The van der Waals surface area contributed by atoms with Crippen molar-refractivity contribution in [3.05, 3.63) is 81.9 Å². The van der Waals surface area contributed by atoms with Crippen LogP contribution in [0.5, 0.6) is 0 Å². The fourth-order valence-corrected chi connectivity index (χ4v) is 2.52. The first-order valence-electron chi connectivity index (χ1n) is 7.61. The molecular formula is C18H13ClFN5O. The van der Waals surface area contributed by atoms with Crippen LogP contribution in [0, 0.1) is 19.3 Å². The van der Waals surface area contributed by atoms with Crippen molar-refractivity contribution in [3.8, 4) is 0 Å². The van der Waals surface area contributed by atoms with Crippen LogP contribution >= 0.6 is 11.6 Å². The molecule has 3 aromatic rings. The van der Waals surface area contributed by atoms with E-state index in [1.54, 1.807) is 29.8 Å². The first kappa shape index (κ1) is 17.6. The van der Waals surface area contributed by atoms with Gasteiger partial charge in [-0.25, -0.2) is 18.9 Å². The molecule has 2 aromatic carbocycles. The first-order chi connectivity index (χ1) is 12.5. The number of rotatable bonds is 4. The van der Waals surface area contributed by atoms with Gasteiger partial charge in [0.15, 0.2) is 11.5 Å². The molecule has 3 rings (SSSR count). The van der Waals surface area contributed by atoms with Crippen LogP contribution in [0.2, 0.25) is 5.02 Å². The maximum Gasteiger partial charge on any atom is 0.295 e. The molecule has 0 fully saturated rings. The Bertz CT molecular complexity index is 1020. The minimum absolute atomic E-state index is 0.0405. The van der Waals surface area contributed by atoms with Crippen molar-refractivity contribution in [3.63, 3.8) is 0 Å². The maximum atomic E-state index is 13.9. The summed E-state index contributed by atoms with van der Waals surface area (Å²) in [6.45, 7) is 9.13. The molecule has 0 radical (unpaired) electrons. The number of carbonyl (C=O) groups is 1. The summed E-state index contributed by atoms with van der Waals surface area (Å²) in [6.07, 6.45) is 0. The quantitative estimate of drug-likeness (QED) is 0.700. The lowest BCUT2D eigenvalue weighted by Crippen LogP contribution is -2.15. The number of anilines is 1. The SMILES string of the molecule is [C-]#[N+]c1cccc(Cn2nc(C(=O)Nc3cccc(Cl)c3F)nc2C)c1. The maximum absolute atomic E-state index is 13.9. The molecule has 0 spiro atoms. The van der Waals surface area contributed by atoms with Crippen LogP contribution in [0.3, 0.4) is 0 Å². The van der Waals surface area contributed by atoms with E-state index >= 15 is 0 Å². The van der Waals surface area contributed by atoms with Gasteiger partial charge in [-0.15, -0.1) is 5.10 Å². The van der Waals surface area contributed by atoms with Crippen molar-refractivity contribution >= 4 is 28.9 Å². The lowest BCUT2D eigenvalue weighted by atomic mass is 10.2. The van der Waals surface area contributed by atoms with Gasteiger partial charge >= 0.3 is 0 Å². The van der Waals surface area contributed by atoms with Gasteiger partial charge < -0.3 is 5.32 Å². The first-order valence-corrected chi connectivity index (χ1v) is 7.99. The zero-order valence-corrected chi connectivity index (χ0v) is 14.5. The van der Waals surface area contributed by atoms with Gasteiger partial charge in [-0.2, -0.15) is 0 Å². The van der Waals surface area contributed by atoms with Crippen LogP contribution in [0.25, 0.3) is 4.85 Å². The number of nitrogens with zero attached hydrogens (tertiary/aromatic N) is 4. The smallest absolute Gasteiger partial charge is 0.295 e. The fourth-order valence-electron chi connectivity index (χ4n) is 2.34. The Morgan fingerprint density at radius 2 is 2.12 bits per heavy atom. The lowest BCUT2D eigenvalue weighted by molar-refractivity contribution is 0.101. The summed E-state index contributed by atoms with van der Waals surface area (Å²) in [4.78, 5) is 19.8. The summed E-state index contributed by atoms with van der Waals surface area (Å²) in [6, 6.07) is 11.4. The Morgan fingerprint density at radius 1 is 1.35 bits per heavy atom. The van der Waals surface area contributed by atoms with Gasteiger partial charge in [0, 0.05) is 0 Å². The standard InChI is InChI=1S/C18H13ClFN5O/c1-11-22-17(18(26)23-15-8-4-7-14(19)16(15)20)24-25(11)10-12-5-3-6-13(9-12)21-2/h3-9H,10H2,1H3,(H,23,26). The highest BCUT2D eigenvalue weighted by atomic mass is 35.5. The zero-order chi connectivity index (χ0) is 18.7. The highest BCUT2D eigenvalue weighted by Gasteiger charge is 2.17. The number of halogens is 2. The van der Waals surface area contributed by atoms with Crippen LogP contribution in [0.1, 0.15) is 22.0 Å². The number of aromatic nitrogens is 3. The second-order valence-electron chi connectivity index (χ2n) is 5.48. The van der Waals surface area contributed by atoms with E-state index in [2.05, 4.69) is 20.2 Å². The van der Waals surface area contributed by atoms with Crippen LogP contribution in [0.4, 0.5) is 15.8 Å². The molecule has 0 bridgehead atoms. The van der Waals surface area contributed by atoms with Crippen molar-refractivity contribution in [2.24, 2.45) is 0 Å². The van der Waals surface area contributed by atoms with E-state index in [0.29, 0.717) is 18.1 Å². The topological polar surface area (TPSA) is 64.2 Å². The Kier molecular flexibility index (Phi) is 4.96. The Labute approximate surface area is 154 Å². The predicted molar refractivity (Wildman–Crippen MR) is 95.9 cm³/mol. The van der Waals surface area contributed by atoms with Gasteiger partial charge in [-0.3, -0.25) is 4.79 Å². The van der Waals surface area contributed by atoms with Crippen molar-refractivity contribution in [2.75, 3.05) is 5.32 Å². The molecule has 1 amide bonds. The summed E-state index contributed by atoms with van der Waals surface area (Å²) < 4.78 is 15.5. The number of carbonyl (C=O) groups excluding carboxylic acids is 1. The zero-order valence-electron chi connectivity index (χ0n) is 13.7. The van der Waals surface area contributed by atoms with Crippen molar-refractivity contribution in [1.29, 1.82) is 0 Å². The van der Waals surface area contributed by atoms with Gasteiger partial charge in [-0.1, -0.05) is 41.9 Å². The van der Waals surface area contributed by atoms with E-state index in [0.717, 1.165) is 5.56 Å². The molecule has 6 nitrogen and oxygen atoms in total. The molecule has 0 aliphatic heterocycles.